The fraction of sp³-hybridized carbons (Fsp3) is 0.333. The van der Waals surface area contributed by atoms with Gasteiger partial charge in [0.1, 0.15) is 25.5 Å². The minimum absolute atomic E-state index is 0.220. The summed E-state index contributed by atoms with van der Waals surface area (Å²) in [6.07, 6.45) is 1.03. The van der Waals surface area contributed by atoms with Crippen molar-refractivity contribution >= 4 is 27.4 Å². The normalized spacial score (nSPS) is 13.4. The molecule has 0 bridgehead atoms. The first-order valence-corrected chi connectivity index (χ1v) is 9.28. The number of aryl methyl sites for hydroxylation is 1. The van der Waals surface area contributed by atoms with Crippen LogP contribution in [0.15, 0.2) is 28.8 Å². The minimum atomic E-state index is -3.69. The molecule has 1 aromatic carbocycles. The van der Waals surface area contributed by atoms with Crippen LogP contribution < -0.4 is 19.1 Å². The highest BCUT2D eigenvalue weighted by Crippen LogP contribution is 2.34. The molecule has 1 aliphatic rings. The minimum Gasteiger partial charge on any atom is -0.486 e. The molecule has 0 fully saturated rings. The average Bonchev–Trinajstić information content (AvgIpc) is 2.96. The number of nitrogens with zero attached hydrogens (tertiary/aromatic N) is 2. The number of ether oxygens (including phenoxy) is 2. The topological polar surface area (TPSA) is 111 Å². The molecule has 1 aliphatic heterocycles. The number of hydrogen-bond donors (Lipinski definition) is 1. The summed E-state index contributed by atoms with van der Waals surface area (Å²) in [6, 6.07) is 6.23. The second kappa shape index (κ2) is 6.63. The Balaban J connectivity index is 1.81. The number of hydrogen-bond acceptors (Lipinski definition) is 7. The maximum Gasteiger partial charge on any atom is 0.246 e. The fourth-order valence-electron chi connectivity index (χ4n) is 2.33. The Morgan fingerprint density at radius 1 is 1.24 bits per heavy atom. The first kappa shape index (κ1) is 17.1. The van der Waals surface area contributed by atoms with E-state index in [0.29, 0.717) is 36.2 Å². The summed E-state index contributed by atoms with van der Waals surface area (Å²) in [4.78, 5) is 12.2. The molecular formula is C15H17N3O6S. The summed E-state index contributed by atoms with van der Waals surface area (Å²) < 4.78 is 41.0. The van der Waals surface area contributed by atoms with E-state index in [2.05, 4.69) is 10.5 Å². The molecule has 0 saturated heterocycles. The maximum absolute atomic E-state index is 12.2. The molecular weight excluding hydrogens is 350 g/mol. The van der Waals surface area contributed by atoms with E-state index < -0.39 is 22.5 Å². The van der Waals surface area contributed by atoms with Gasteiger partial charge in [-0.2, -0.15) is 0 Å². The van der Waals surface area contributed by atoms with Gasteiger partial charge in [-0.15, -0.1) is 0 Å². The Bertz CT molecular complexity index is 892. The second-order valence-corrected chi connectivity index (χ2v) is 7.38. The average molecular weight is 367 g/mol. The van der Waals surface area contributed by atoms with Crippen LogP contribution in [0.25, 0.3) is 0 Å². The number of carbonyl (C=O) groups excluding carboxylic acids is 1. The lowest BCUT2D eigenvalue weighted by molar-refractivity contribution is -0.114. The Labute approximate surface area is 144 Å². The molecule has 25 heavy (non-hydrogen) atoms. The summed E-state index contributed by atoms with van der Waals surface area (Å²) in [5.41, 5.74) is 0.304. The Kier molecular flexibility index (Phi) is 4.53. The number of benzene rings is 1. The zero-order valence-electron chi connectivity index (χ0n) is 13.7. The van der Waals surface area contributed by atoms with Crippen LogP contribution in [0.1, 0.15) is 5.76 Å². The molecule has 0 aliphatic carbocycles. The molecule has 0 spiro atoms. The summed E-state index contributed by atoms with van der Waals surface area (Å²) in [5.74, 6) is 1.17. The molecule has 3 rings (SSSR count). The van der Waals surface area contributed by atoms with Gasteiger partial charge in [0.15, 0.2) is 17.3 Å². The van der Waals surface area contributed by atoms with Crippen LogP contribution in [0.3, 0.4) is 0 Å². The van der Waals surface area contributed by atoms with Crippen LogP contribution in [0.5, 0.6) is 11.5 Å². The number of nitrogens with one attached hydrogen (secondary N) is 1. The van der Waals surface area contributed by atoms with Gasteiger partial charge in [0.2, 0.25) is 15.9 Å². The van der Waals surface area contributed by atoms with Gasteiger partial charge >= 0.3 is 0 Å². The summed E-state index contributed by atoms with van der Waals surface area (Å²) in [7, 11) is -3.69. The van der Waals surface area contributed by atoms with Gasteiger partial charge in [0.25, 0.3) is 0 Å². The zero-order chi connectivity index (χ0) is 18.0. The number of aromatic nitrogens is 1. The predicted molar refractivity (Wildman–Crippen MR) is 89.5 cm³/mol. The number of rotatable bonds is 5. The first-order chi connectivity index (χ1) is 11.8. The Morgan fingerprint density at radius 2 is 1.96 bits per heavy atom. The van der Waals surface area contributed by atoms with Crippen molar-refractivity contribution in [2.24, 2.45) is 0 Å². The molecule has 10 heteroatoms. The maximum atomic E-state index is 12.2. The number of carbonyl (C=O) groups is 1. The van der Waals surface area contributed by atoms with Crippen molar-refractivity contribution < 1.29 is 27.2 Å². The van der Waals surface area contributed by atoms with E-state index in [0.717, 1.165) is 10.6 Å². The van der Waals surface area contributed by atoms with Gasteiger partial charge in [-0.25, -0.2) is 8.42 Å². The Hall–Kier alpha value is -2.75. The molecule has 2 heterocycles. The zero-order valence-corrected chi connectivity index (χ0v) is 14.5. The van der Waals surface area contributed by atoms with Crippen molar-refractivity contribution in [2.75, 3.05) is 35.6 Å². The van der Waals surface area contributed by atoms with Crippen molar-refractivity contribution in [3.8, 4) is 11.5 Å². The van der Waals surface area contributed by atoms with Crippen molar-refractivity contribution in [1.82, 2.24) is 5.16 Å². The van der Waals surface area contributed by atoms with E-state index in [9.17, 15) is 13.2 Å². The van der Waals surface area contributed by atoms with E-state index in [1.165, 1.54) is 12.1 Å². The smallest absolute Gasteiger partial charge is 0.246 e. The molecule has 2 aromatic rings. The molecule has 0 radical (unpaired) electrons. The third kappa shape index (κ3) is 4.02. The molecule has 1 amide bonds. The van der Waals surface area contributed by atoms with Crippen molar-refractivity contribution in [1.29, 1.82) is 0 Å². The van der Waals surface area contributed by atoms with E-state index >= 15 is 0 Å². The quantitative estimate of drug-likeness (QED) is 0.844. The van der Waals surface area contributed by atoms with Crippen molar-refractivity contribution in [3.63, 3.8) is 0 Å². The lowest BCUT2D eigenvalue weighted by Crippen LogP contribution is -2.37. The van der Waals surface area contributed by atoms with E-state index in [1.807, 2.05) is 0 Å². The number of amides is 1. The highest BCUT2D eigenvalue weighted by atomic mass is 32.2. The van der Waals surface area contributed by atoms with Gasteiger partial charge in [-0.05, 0) is 19.1 Å². The first-order valence-electron chi connectivity index (χ1n) is 7.43. The number of sulfonamides is 1. The lowest BCUT2D eigenvalue weighted by Gasteiger charge is -2.24. The Morgan fingerprint density at radius 3 is 2.60 bits per heavy atom. The second-order valence-electron chi connectivity index (χ2n) is 5.47. The van der Waals surface area contributed by atoms with E-state index in [-0.39, 0.29) is 5.82 Å². The van der Waals surface area contributed by atoms with Crippen molar-refractivity contribution in [2.45, 2.75) is 6.92 Å². The molecule has 134 valence electrons. The van der Waals surface area contributed by atoms with Crippen LogP contribution in [-0.4, -0.2) is 45.5 Å². The van der Waals surface area contributed by atoms with Gasteiger partial charge in [0, 0.05) is 12.1 Å². The van der Waals surface area contributed by atoms with Crippen LogP contribution in [0.4, 0.5) is 11.5 Å². The molecule has 0 atom stereocenters. The molecule has 1 N–H and O–H groups in total. The molecule has 1 aromatic heterocycles. The highest BCUT2D eigenvalue weighted by Gasteiger charge is 2.23. The summed E-state index contributed by atoms with van der Waals surface area (Å²) in [5, 5.41) is 6.14. The van der Waals surface area contributed by atoms with Gasteiger partial charge in [-0.1, -0.05) is 5.16 Å². The van der Waals surface area contributed by atoms with Crippen LogP contribution in [-0.2, 0) is 14.8 Å². The van der Waals surface area contributed by atoms with Crippen LogP contribution in [0, 0.1) is 6.92 Å². The van der Waals surface area contributed by atoms with Gasteiger partial charge < -0.3 is 19.3 Å². The fourth-order valence-corrected chi connectivity index (χ4v) is 3.17. The predicted octanol–water partition coefficient (Wildman–Crippen LogP) is 1.16. The lowest BCUT2D eigenvalue weighted by atomic mass is 10.2. The van der Waals surface area contributed by atoms with Crippen LogP contribution >= 0.6 is 0 Å². The molecule has 0 unspecified atom stereocenters. The standard InChI is InChI=1S/C15H17N3O6S/c1-10-7-14(17-24-10)16-15(19)9-18(25(2,20)21)11-3-4-12-13(8-11)23-6-5-22-12/h3-4,7-8H,5-6,9H2,1-2H3,(H,16,17,19). The third-order valence-electron chi connectivity index (χ3n) is 3.40. The number of fused-ring (bicyclic) bond motifs is 1. The monoisotopic (exact) mass is 367 g/mol. The molecule has 9 nitrogen and oxygen atoms in total. The largest absolute Gasteiger partial charge is 0.486 e. The third-order valence-corrected chi connectivity index (χ3v) is 4.54. The van der Waals surface area contributed by atoms with Gasteiger partial charge in [-0.3, -0.25) is 9.10 Å². The van der Waals surface area contributed by atoms with Gasteiger partial charge in [0.05, 0.1) is 11.9 Å². The summed E-state index contributed by atoms with van der Waals surface area (Å²) in [6.45, 7) is 2.08. The number of anilines is 2. The molecule has 0 saturated carbocycles. The van der Waals surface area contributed by atoms with Crippen LogP contribution in [0.2, 0.25) is 0 Å². The van der Waals surface area contributed by atoms with E-state index in [4.69, 9.17) is 14.0 Å². The summed E-state index contributed by atoms with van der Waals surface area (Å²) >= 11 is 0. The van der Waals surface area contributed by atoms with Crippen molar-refractivity contribution in [3.05, 3.63) is 30.0 Å². The highest BCUT2D eigenvalue weighted by molar-refractivity contribution is 7.92. The SMILES string of the molecule is Cc1cc(NC(=O)CN(c2ccc3c(c2)OCCO3)S(C)(=O)=O)no1. The van der Waals surface area contributed by atoms with E-state index in [1.54, 1.807) is 19.1 Å².